The minimum atomic E-state index is -0.587. The number of aromatic hydroxyl groups is 1. The van der Waals surface area contributed by atoms with Gasteiger partial charge in [-0.25, -0.2) is 4.79 Å². The van der Waals surface area contributed by atoms with Gasteiger partial charge in [0.1, 0.15) is 5.56 Å². The Morgan fingerprint density at radius 2 is 2.14 bits per heavy atom. The Hall–Kier alpha value is -1.65. The molecule has 5 heteroatoms. The monoisotopic (exact) mass is 196 g/mol. The van der Waals surface area contributed by atoms with Crippen LogP contribution < -0.4 is 0 Å². The fraction of sp³-hybridized carbons (Fsp3) is 0.444. The molecule has 0 aromatic carbocycles. The molecule has 1 N–H and O–H groups in total. The maximum absolute atomic E-state index is 11.4. The molecule has 0 aliphatic heterocycles. The molecule has 76 valence electrons. The SMILES string of the molecule is Cc1cc(C(=O)OC(C)C)c(O)nn1. The highest BCUT2D eigenvalue weighted by Gasteiger charge is 2.15. The van der Waals surface area contributed by atoms with Gasteiger partial charge < -0.3 is 9.84 Å². The molecule has 0 spiro atoms. The van der Waals surface area contributed by atoms with Crippen molar-refractivity contribution in [2.45, 2.75) is 26.9 Å². The number of carbonyl (C=O) groups is 1. The van der Waals surface area contributed by atoms with Crippen LogP contribution in [0.15, 0.2) is 6.07 Å². The van der Waals surface area contributed by atoms with Gasteiger partial charge in [-0.3, -0.25) is 0 Å². The summed E-state index contributed by atoms with van der Waals surface area (Å²) in [6, 6.07) is 1.44. The third-order valence-corrected chi connectivity index (χ3v) is 1.46. The standard InChI is InChI=1S/C9H12N2O3/c1-5(2)14-9(13)7-4-6(3)10-11-8(7)12/h4-5H,1-3H3,(H,11,12). The first-order chi connectivity index (χ1) is 6.50. The molecule has 0 atom stereocenters. The maximum atomic E-state index is 11.4. The lowest BCUT2D eigenvalue weighted by Gasteiger charge is -2.08. The topological polar surface area (TPSA) is 72.3 Å². The number of rotatable bonds is 2. The van der Waals surface area contributed by atoms with E-state index < -0.39 is 11.8 Å². The number of hydrogen-bond donors (Lipinski definition) is 1. The van der Waals surface area contributed by atoms with E-state index in [1.165, 1.54) is 6.07 Å². The summed E-state index contributed by atoms with van der Waals surface area (Å²) in [7, 11) is 0. The summed E-state index contributed by atoms with van der Waals surface area (Å²) in [6.45, 7) is 5.14. The van der Waals surface area contributed by atoms with E-state index in [1.54, 1.807) is 20.8 Å². The average Bonchev–Trinajstić information content (AvgIpc) is 2.08. The van der Waals surface area contributed by atoms with Crippen molar-refractivity contribution in [1.82, 2.24) is 10.2 Å². The van der Waals surface area contributed by atoms with Gasteiger partial charge in [-0.05, 0) is 26.8 Å². The number of ether oxygens (including phenoxy) is 1. The molecule has 0 aliphatic carbocycles. The van der Waals surface area contributed by atoms with Crippen LogP contribution >= 0.6 is 0 Å². The van der Waals surface area contributed by atoms with E-state index in [0.717, 1.165) is 0 Å². The normalized spacial score (nSPS) is 10.3. The quantitative estimate of drug-likeness (QED) is 0.716. The average molecular weight is 196 g/mol. The molecule has 0 radical (unpaired) electrons. The molecule has 0 aliphatic rings. The Morgan fingerprint density at radius 1 is 1.50 bits per heavy atom. The highest BCUT2D eigenvalue weighted by atomic mass is 16.5. The first-order valence-electron chi connectivity index (χ1n) is 4.25. The van der Waals surface area contributed by atoms with Crippen LogP contribution in [0.25, 0.3) is 0 Å². The summed E-state index contributed by atoms with van der Waals surface area (Å²) in [5.74, 6) is -0.989. The lowest BCUT2D eigenvalue weighted by molar-refractivity contribution is 0.0373. The number of esters is 1. The Morgan fingerprint density at radius 3 is 2.71 bits per heavy atom. The van der Waals surface area contributed by atoms with Crippen LogP contribution in [0.5, 0.6) is 5.88 Å². The van der Waals surface area contributed by atoms with Gasteiger partial charge in [0.15, 0.2) is 0 Å². The second-order valence-corrected chi connectivity index (χ2v) is 3.18. The number of nitrogens with zero attached hydrogens (tertiary/aromatic N) is 2. The van der Waals surface area contributed by atoms with Crippen LogP contribution in [0.4, 0.5) is 0 Å². The van der Waals surface area contributed by atoms with Crippen molar-refractivity contribution in [2.24, 2.45) is 0 Å². The fourth-order valence-electron chi connectivity index (χ4n) is 0.910. The highest BCUT2D eigenvalue weighted by Crippen LogP contribution is 2.14. The minimum absolute atomic E-state index is 0.0474. The van der Waals surface area contributed by atoms with E-state index in [9.17, 15) is 9.90 Å². The van der Waals surface area contributed by atoms with Gasteiger partial charge in [-0.1, -0.05) is 0 Å². The van der Waals surface area contributed by atoms with Crippen molar-refractivity contribution < 1.29 is 14.6 Å². The Labute approximate surface area is 81.7 Å². The van der Waals surface area contributed by atoms with Crippen LogP contribution in [0, 0.1) is 6.92 Å². The maximum Gasteiger partial charge on any atom is 0.344 e. The first-order valence-corrected chi connectivity index (χ1v) is 4.25. The molecule has 0 saturated heterocycles. The molecule has 14 heavy (non-hydrogen) atoms. The zero-order chi connectivity index (χ0) is 10.7. The molecular formula is C9H12N2O3. The van der Waals surface area contributed by atoms with Gasteiger partial charge in [0, 0.05) is 0 Å². The molecule has 0 saturated carbocycles. The molecule has 1 heterocycles. The number of aromatic nitrogens is 2. The largest absolute Gasteiger partial charge is 0.492 e. The van der Waals surface area contributed by atoms with Crippen LogP contribution in [-0.2, 0) is 4.74 Å². The summed E-state index contributed by atoms with van der Waals surface area (Å²) in [5, 5.41) is 16.2. The van der Waals surface area contributed by atoms with Gasteiger partial charge in [-0.2, -0.15) is 5.10 Å². The Kier molecular flexibility index (Phi) is 3.01. The summed E-state index contributed by atoms with van der Waals surface area (Å²) >= 11 is 0. The second-order valence-electron chi connectivity index (χ2n) is 3.18. The van der Waals surface area contributed by atoms with Crippen LogP contribution in [0.1, 0.15) is 29.9 Å². The molecule has 1 aromatic heterocycles. The van der Waals surface area contributed by atoms with E-state index in [4.69, 9.17) is 4.74 Å². The predicted molar refractivity (Wildman–Crippen MR) is 49.0 cm³/mol. The number of carbonyl (C=O) groups excluding carboxylic acids is 1. The van der Waals surface area contributed by atoms with Gasteiger partial charge in [0.05, 0.1) is 11.8 Å². The second kappa shape index (κ2) is 4.04. The Bertz CT molecular complexity index is 350. The minimum Gasteiger partial charge on any atom is -0.492 e. The smallest absolute Gasteiger partial charge is 0.344 e. The number of aryl methyl sites for hydroxylation is 1. The first kappa shape index (κ1) is 10.4. The third kappa shape index (κ3) is 2.42. The van der Waals surface area contributed by atoms with Crippen molar-refractivity contribution in [2.75, 3.05) is 0 Å². The zero-order valence-electron chi connectivity index (χ0n) is 8.31. The molecule has 0 amide bonds. The summed E-state index contributed by atoms with van der Waals surface area (Å²) < 4.78 is 4.91. The number of hydrogen-bond acceptors (Lipinski definition) is 5. The summed E-state index contributed by atoms with van der Waals surface area (Å²) in [6.07, 6.45) is -0.227. The molecule has 1 rings (SSSR count). The highest BCUT2D eigenvalue weighted by molar-refractivity contribution is 5.91. The van der Waals surface area contributed by atoms with Gasteiger partial charge >= 0.3 is 5.97 Å². The summed E-state index contributed by atoms with van der Waals surface area (Å²) in [4.78, 5) is 11.4. The van der Waals surface area contributed by atoms with E-state index in [2.05, 4.69) is 10.2 Å². The van der Waals surface area contributed by atoms with Crippen molar-refractivity contribution in [3.8, 4) is 5.88 Å². The predicted octanol–water partition coefficient (Wildman–Crippen LogP) is 1.06. The molecular weight excluding hydrogens is 184 g/mol. The van der Waals surface area contributed by atoms with Gasteiger partial charge in [-0.15, -0.1) is 5.10 Å². The van der Waals surface area contributed by atoms with Crippen molar-refractivity contribution in [3.63, 3.8) is 0 Å². The fourth-order valence-corrected chi connectivity index (χ4v) is 0.910. The van der Waals surface area contributed by atoms with Gasteiger partial charge in [0.25, 0.3) is 0 Å². The lowest BCUT2D eigenvalue weighted by atomic mass is 10.2. The molecule has 0 fully saturated rings. The van der Waals surface area contributed by atoms with E-state index in [1.807, 2.05) is 0 Å². The van der Waals surface area contributed by atoms with Crippen molar-refractivity contribution in [1.29, 1.82) is 0 Å². The van der Waals surface area contributed by atoms with E-state index in [-0.39, 0.29) is 11.7 Å². The van der Waals surface area contributed by atoms with E-state index >= 15 is 0 Å². The lowest BCUT2D eigenvalue weighted by Crippen LogP contribution is -2.12. The third-order valence-electron chi connectivity index (χ3n) is 1.46. The Balaban J connectivity index is 2.94. The van der Waals surface area contributed by atoms with Crippen molar-refractivity contribution in [3.05, 3.63) is 17.3 Å². The van der Waals surface area contributed by atoms with Crippen LogP contribution in [0.3, 0.4) is 0 Å². The van der Waals surface area contributed by atoms with E-state index in [0.29, 0.717) is 5.69 Å². The zero-order valence-corrected chi connectivity index (χ0v) is 8.31. The van der Waals surface area contributed by atoms with Crippen molar-refractivity contribution >= 4 is 5.97 Å². The van der Waals surface area contributed by atoms with Crippen LogP contribution in [0.2, 0.25) is 0 Å². The summed E-state index contributed by atoms with van der Waals surface area (Å²) in [5.41, 5.74) is 0.602. The molecule has 5 nitrogen and oxygen atoms in total. The molecule has 0 bridgehead atoms. The molecule has 0 unspecified atom stereocenters. The molecule has 1 aromatic rings. The van der Waals surface area contributed by atoms with Crippen LogP contribution in [-0.4, -0.2) is 27.4 Å². The van der Waals surface area contributed by atoms with Gasteiger partial charge in [0.2, 0.25) is 5.88 Å².